The quantitative estimate of drug-likeness (QED) is 0.792. The topological polar surface area (TPSA) is 31.4 Å². The molecule has 0 aliphatic carbocycles. The maximum atomic E-state index is 5.52. The number of nitrogens with zero attached hydrogens (tertiary/aromatic N) is 1. The minimum Gasteiger partial charge on any atom is -0.484 e. The summed E-state index contributed by atoms with van der Waals surface area (Å²) in [6.07, 6.45) is 1.83. The van der Waals surface area contributed by atoms with Gasteiger partial charge >= 0.3 is 0 Å². The Labute approximate surface area is 110 Å². The number of hydrogen-bond acceptors (Lipinski definition) is 4. The smallest absolute Gasteiger partial charge is 0.257 e. The van der Waals surface area contributed by atoms with E-state index in [0.717, 1.165) is 16.4 Å². The maximum Gasteiger partial charge on any atom is 0.257 e. The zero-order chi connectivity index (χ0) is 12.2. The Morgan fingerprint density at radius 1 is 1.11 bits per heavy atom. The minimum absolute atomic E-state index is 0.580. The zero-order valence-corrected chi connectivity index (χ0v) is 10.7. The van der Waals surface area contributed by atoms with Gasteiger partial charge in [0, 0.05) is 22.9 Å². The minimum atomic E-state index is 0.580. The molecule has 4 heteroatoms. The summed E-state index contributed by atoms with van der Waals surface area (Å²) in [5.41, 5.74) is 1.30. The van der Waals surface area contributed by atoms with E-state index in [1.54, 1.807) is 11.8 Å². The number of rotatable bonds is 3. The van der Waals surface area contributed by atoms with Crippen LogP contribution < -0.4 is 9.47 Å². The highest BCUT2D eigenvalue weighted by atomic mass is 32.2. The van der Waals surface area contributed by atoms with Crippen molar-refractivity contribution in [3.8, 4) is 11.6 Å². The summed E-state index contributed by atoms with van der Waals surface area (Å²) in [7, 11) is 0. The van der Waals surface area contributed by atoms with Gasteiger partial charge < -0.3 is 9.47 Å². The van der Waals surface area contributed by atoms with Crippen molar-refractivity contribution in [1.82, 2.24) is 4.98 Å². The van der Waals surface area contributed by atoms with Crippen molar-refractivity contribution in [2.24, 2.45) is 0 Å². The first-order valence-electron chi connectivity index (χ1n) is 5.84. The molecule has 0 unspecified atom stereocenters. The molecule has 0 bridgehead atoms. The highest BCUT2D eigenvalue weighted by molar-refractivity contribution is 7.98. The van der Waals surface area contributed by atoms with Gasteiger partial charge in [-0.15, -0.1) is 11.8 Å². The molecule has 1 aromatic heterocycles. The number of fused-ring (bicyclic) bond motifs is 1. The molecular formula is C14H13NO2S. The molecule has 2 heterocycles. The fourth-order valence-corrected chi connectivity index (χ4v) is 2.58. The summed E-state index contributed by atoms with van der Waals surface area (Å²) in [6, 6.07) is 12.4. The second kappa shape index (κ2) is 5.31. The molecule has 18 heavy (non-hydrogen) atoms. The van der Waals surface area contributed by atoms with E-state index < -0.39 is 0 Å². The van der Waals surface area contributed by atoms with Gasteiger partial charge in [-0.3, -0.25) is 0 Å². The maximum absolute atomic E-state index is 5.52. The molecular weight excluding hydrogens is 246 g/mol. The largest absolute Gasteiger partial charge is 0.484 e. The fraction of sp³-hybridized carbons (Fsp3) is 0.214. The normalized spacial score (nSPS) is 13.3. The van der Waals surface area contributed by atoms with Gasteiger partial charge in [-0.2, -0.15) is 0 Å². The predicted octanol–water partition coefficient (Wildman–Crippen LogP) is 3.15. The third kappa shape index (κ3) is 2.59. The number of aromatic nitrogens is 1. The Hall–Kier alpha value is -1.68. The van der Waals surface area contributed by atoms with Crippen LogP contribution in [0.1, 0.15) is 5.56 Å². The number of hydrogen-bond donors (Lipinski definition) is 0. The van der Waals surface area contributed by atoms with Crippen molar-refractivity contribution < 1.29 is 9.47 Å². The number of ether oxygens (including phenoxy) is 2. The van der Waals surface area contributed by atoms with E-state index in [-0.39, 0.29) is 0 Å². The number of thioether (sulfide) groups is 1. The molecule has 92 valence electrons. The first-order chi connectivity index (χ1) is 8.92. The Balaban J connectivity index is 1.70. The van der Waals surface area contributed by atoms with Gasteiger partial charge in [0.2, 0.25) is 0 Å². The standard InChI is InChI=1S/C14H13NO2S/c1-2-4-11(5-3-1)10-18-12-8-13-14(15-9-12)17-7-6-16-13/h1-5,8-9H,6-7,10H2. The van der Waals surface area contributed by atoms with E-state index >= 15 is 0 Å². The van der Waals surface area contributed by atoms with Crippen LogP contribution in [0.25, 0.3) is 0 Å². The van der Waals surface area contributed by atoms with E-state index in [1.165, 1.54) is 5.56 Å². The fourth-order valence-electron chi connectivity index (χ4n) is 1.74. The lowest BCUT2D eigenvalue weighted by Gasteiger charge is -2.17. The van der Waals surface area contributed by atoms with Crippen LogP contribution in [0.3, 0.4) is 0 Å². The van der Waals surface area contributed by atoms with Crippen molar-refractivity contribution >= 4 is 11.8 Å². The third-order valence-electron chi connectivity index (χ3n) is 2.62. The van der Waals surface area contributed by atoms with Crippen molar-refractivity contribution in [3.63, 3.8) is 0 Å². The Kier molecular flexibility index (Phi) is 3.37. The van der Waals surface area contributed by atoms with Gasteiger partial charge in [-0.25, -0.2) is 4.98 Å². The molecule has 3 rings (SSSR count). The molecule has 1 aliphatic rings. The van der Waals surface area contributed by atoms with Crippen LogP contribution >= 0.6 is 11.8 Å². The number of benzene rings is 1. The molecule has 1 aromatic carbocycles. The summed E-state index contributed by atoms with van der Waals surface area (Å²) >= 11 is 1.75. The SMILES string of the molecule is c1ccc(CSc2cnc3c(c2)OCCO3)cc1. The first kappa shape index (κ1) is 11.4. The van der Waals surface area contributed by atoms with Crippen LogP contribution in [0.15, 0.2) is 47.5 Å². The van der Waals surface area contributed by atoms with Crippen LogP contribution in [0.2, 0.25) is 0 Å². The third-order valence-corrected chi connectivity index (χ3v) is 3.66. The molecule has 0 atom stereocenters. The van der Waals surface area contributed by atoms with Crippen LogP contribution in [0.4, 0.5) is 0 Å². The highest BCUT2D eigenvalue weighted by Crippen LogP contribution is 2.32. The van der Waals surface area contributed by atoms with E-state index in [9.17, 15) is 0 Å². The first-order valence-corrected chi connectivity index (χ1v) is 6.83. The van der Waals surface area contributed by atoms with Gasteiger partial charge in [-0.1, -0.05) is 30.3 Å². The average Bonchev–Trinajstić information content (AvgIpc) is 2.46. The predicted molar refractivity (Wildman–Crippen MR) is 71.2 cm³/mol. The summed E-state index contributed by atoms with van der Waals surface area (Å²) in [6.45, 7) is 1.18. The summed E-state index contributed by atoms with van der Waals surface area (Å²) in [5.74, 6) is 2.28. The summed E-state index contributed by atoms with van der Waals surface area (Å²) in [4.78, 5) is 5.36. The average molecular weight is 259 g/mol. The van der Waals surface area contributed by atoms with Crippen LogP contribution in [0.5, 0.6) is 11.6 Å². The van der Waals surface area contributed by atoms with Gasteiger partial charge in [0.25, 0.3) is 5.88 Å². The second-order valence-corrected chi connectivity index (χ2v) is 4.99. The molecule has 0 N–H and O–H groups in total. The summed E-state index contributed by atoms with van der Waals surface area (Å²) in [5, 5.41) is 0. The van der Waals surface area contributed by atoms with E-state index in [1.807, 2.05) is 18.3 Å². The van der Waals surface area contributed by atoms with Gasteiger partial charge in [0.05, 0.1) is 0 Å². The van der Waals surface area contributed by atoms with E-state index in [0.29, 0.717) is 19.1 Å². The Bertz CT molecular complexity index is 531. The molecule has 0 saturated carbocycles. The molecule has 2 aromatic rings. The Morgan fingerprint density at radius 3 is 2.83 bits per heavy atom. The molecule has 0 spiro atoms. The van der Waals surface area contributed by atoms with Gasteiger partial charge in [0.15, 0.2) is 5.75 Å². The van der Waals surface area contributed by atoms with Crippen molar-refractivity contribution in [1.29, 1.82) is 0 Å². The monoisotopic (exact) mass is 259 g/mol. The van der Waals surface area contributed by atoms with Crippen molar-refractivity contribution in [2.45, 2.75) is 10.6 Å². The van der Waals surface area contributed by atoms with Crippen LogP contribution in [-0.2, 0) is 5.75 Å². The lowest BCUT2D eigenvalue weighted by Crippen LogP contribution is -2.16. The lowest BCUT2D eigenvalue weighted by molar-refractivity contribution is 0.164. The van der Waals surface area contributed by atoms with Crippen LogP contribution in [0, 0.1) is 0 Å². The van der Waals surface area contributed by atoms with Crippen molar-refractivity contribution in [3.05, 3.63) is 48.2 Å². The molecule has 0 radical (unpaired) electrons. The molecule has 1 aliphatic heterocycles. The van der Waals surface area contributed by atoms with Crippen LogP contribution in [-0.4, -0.2) is 18.2 Å². The summed E-state index contributed by atoms with van der Waals surface area (Å²) < 4.78 is 10.9. The molecule has 0 saturated heterocycles. The lowest BCUT2D eigenvalue weighted by atomic mass is 10.2. The van der Waals surface area contributed by atoms with Gasteiger partial charge in [-0.05, 0) is 5.56 Å². The molecule has 3 nitrogen and oxygen atoms in total. The molecule has 0 amide bonds. The van der Waals surface area contributed by atoms with E-state index in [4.69, 9.17) is 9.47 Å². The molecule has 0 fully saturated rings. The zero-order valence-electron chi connectivity index (χ0n) is 9.83. The van der Waals surface area contributed by atoms with E-state index in [2.05, 4.69) is 29.2 Å². The second-order valence-electron chi connectivity index (χ2n) is 3.95. The Morgan fingerprint density at radius 2 is 1.94 bits per heavy atom. The highest BCUT2D eigenvalue weighted by Gasteiger charge is 2.13. The van der Waals surface area contributed by atoms with Crippen molar-refractivity contribution in [2.75, 3.05) is 13.2 Å². The van der Waals surface area contributed by atoms with Gasteiger partial charge in [0.1, 0.15) is 13.2 Å². The number of pyridine rings is 1.